The van der Waals surface area contributed by atoms with Gasteiger partial charge in [-0.3, -0.25) is 0 Å². The lowest BCUT2D eigenvalue weighted by molar-refractivity contribution is 1.18. The maximum Gasteiger partial charge on any atom is 0.0547 e. The fraction of sp³-hybridized carbons (Fsp3) is 0. The van der Waals surface area contributed by atoms with Crippen LogP contribution in [0.5, 0.6) is 0 Å². The van der Waals surface area contributed by atoms with E-state index in [4.69, 9.17) is 0 Å². The van der Waals surface area contributed by atoms with Crippen molar-refractivity contribution in [3.63, 3.8) is 0 Å². The Morgan fingerprint density at radius 1 is 0.130 bits per heavy atom. The Hall–Kier alpha value is -13.3. The van der Waals surface area contributed by atoms with Crippen LogP contribution in [0.15, 0.2) is 388 Å². The summed E-state index contributed by atoms with van der Waals surface area (Å²) in [4.78, 5) is 0. The summed E-state index contributed by atoms with van der Waals surface area (Å²) < 4.78 is 9.66. The Morgan fingerprint density at radius 2 is 0.410 bits per heavy atom. The van der Waals surface area contributed by atoms with Gasteiger partial charge in [-0.2, -0.15) is 0 Å². The number of benzene rings is 16. The third kappa shape index (κ3) is 9.83. The van der Waals surface area contributed by atoms with Gasteiger partial charge in [0.25, 0.3) is 0 Å². The molecule has 468 valence electrons. The molecule has 0 unspecified atom stereocenters. The minimum atomic E-state index is 1.15. The first-order valence-electron chi connectivity index (χ1n) is 34.4. The molecular weight excluding hydrogens is 1210 g/mol. The van der Waals surface area contributed by atoms with Gasteiger partial charge in [-0.25, -0.2) is 0 Å². The lowest BCUT2D eigenvalue weighted by Crippen LogP contribution is -1.95. The number of hydrogen-bond acceptors (Lipinski definition) is 0. The van der Waals surface area contributed by atoms with Crippen molar-refractivity contribution in [1.82, 2.24) is 18.3 Å². The third-order valence-electron chi connectivity index (χ3n) is 20.2. The first kappa shape index (κ1) is 58.1. The molecule has 0 aliphatic heterocycles. The van der Waals surface area contributed by atoms with E-state index in [-0.39, 0.29) is 0 Å². The largest absolute Gasteiger partial charge is 0.309 e. The molecule has 0 radical (unpaired) electrons. The molecule has 16 aromatic carbocycles. The Morgan fingerprint density at radius 3 is 0.900 bits per heavy atom. The molecule has 0 aliphatic rings. The van der Waals surface area contributed by atoms with Crippen molar-refractivity contribution in [2.75, 3.05) is 0 Å². The van der Waals surface area contributed by atoms with Gasteiger partial charge in [0.05, 0.1) is 44.1 Å². The number of para-hydroxylation sites is 6. The Bertz CT molecular complexity index is 6510. The summed E-state index contributed by atoms with van der Waals surface area (Å²) in [5, 5.41) is 10.1. The number of nitrogens with zero attached hydrogens (tertiary/aromatic N) is 4. The maximum atomic E-state index is 2.43. The van der Waals surface area contributed by atoms with Crippen molar-refractivity contribution in [3.8, 4) is 89.5 Å². The highest BCUT2D eigenvalue weighted by Gasteiger charge is 2.22. The van der Waals surface area contributed by atoms with Crippen LogP contribution in [0.25, 0.3) is 177 Å². The van der Waals surface area contributed by atoms with E-state index in [1.165, 1.54) is 165 Å². The predicted octanol–water partition coefficient (Wildman–Crippen LogP) is 25.8. The van der Waals surface area contributed by atoms with Gasteiger partial charge in [0.15, 0.2) is 0 Å². The average molecular weight is 1270 g/mol. The number of hydrogen-bond donors (Lipinski definition) is 0. The van der Waals surface area contributed by atoms with Crippen LogP contribution >= 0.6 is 0 Å². The van der Waals surface area contributed by atoms with Gasteiger partial charge in [0.1, 0.15) is 0 Å². The molecule has 20 aromatic rings. The minimum absolute atomic E-state index is 1.15. The van der Waals surface area contributed by atoms with E-state index in [0.29, 0.717) is 0 Å². The molecule has 4 heterocycles. The molecule has 0 saturated carbocycles. The van der Waals surface area contributed by atoms with Crippen LogP contribution in [0.3, 0.4) is 0 Å². The molecule has 4 heteroatoms. The van der Waals surface area contributed by atoms with Gasteiger partial charge in [-0.15, -0.1) is 0 Å². The zero-order chi connectivity index (χ0) is 66.0. The minimum Gasteiger partial charge on any atom is -0.309 e. The maximum absolute atomic E-state index is 2.43. The van der Waals surface area contributed by atoms with E-state index in [9.17, 15) is 0 Å². The van der Waals surface area contributed by atoms with Crippen LogP contribution in [0.4, 0.5) is 0 Å². The summed E-state index contributed by atoms with van der Waals surface area (Å²) in [6.45, 7) is 0. The second-order valence-electron chi connectivity index (χ2n) is 25.9. The summed E-state index contributed by atoms with van der Waals surface area (Å²) in [6.07, 6.45) is 0. The zero-order valence-electron chi connectivity index (χ0n) is 54.7. The molecule has 0 N–H and O–H groups in total. The van der Waals surface area contributed by atoms with E-state index in [1.807, 2.05) is 0 Å². The van der Waals surface area contributed by atoms with Crippen molar-refractivity contribution >= 4 is 87.2 Å². The lowest BCUT2D eigenvalue weighted by atomic mass is 9.94. The number of fused-ring (bicyclic) bond motifs is 12. The lowest BCUT2D eigenvalue weighted by Gasteiger charge is -2.14. The molecule has 100 heavy (non-hydrogen) atoms. The molecule has 0 fully saturated rings. The smallest absolute Gasteiger partial charge is 0.0547 e. The second-order valence-corrected chi connectivity index (χ2v) is 25.9. The van der Waals surface area contributed by atoms with Crippen molar-refractivity contribution in [3.05, 3.63) is 388 Å². The topological polar surface area (TPSA) is 19.7 Å². The van der Waals surface area contributed by atoms with E-state index >= 15 is 0 Å². The summed E-state index contributed by atoms with van der Waals surface area (Å²) >= 11 is 0. The van der Waals surface area contributed by atoms with Crippen LogP contribution < -0.4 is 0 Å². The highest BCUT2D eigenvalue weighted by Crippen LogP contribution is 2.45. The zero-order valence-corrected chi connectivity index (χ0v) is 54.7. The van der Waals surface area contributed by atoms with Crippen molar-refractivity contribution < 1.29 is 0 Å². The molecule has 4 aromatic heterocycles. The van der Waals surface area contributed by atoms with Gasteiger partial charge in [0.2, 0.25) is 0 Å². The molecule has 0 bridgehead atoms. The Balaban J connectivity index is 0.000000139. The summed E-state index contributed by atoms with van der Waals surface area (Å²) in [6, 6.07) is 141. The fourth-order valence-electron chi connectivity index (χ4n) is 15.8. The summed E-state index contributed by atoms with van der Waals surface area (Å²) in [7, 11) is 0. The quantitative estimate of drug-likeness (QED) is 0.130. The number of rotatable bonds is 10. The van der Waals surface area contributed by atoms with Crippen molar-refractivity contribution in [2.24, 2.45) is 0 Å². The average Bonchev–Trinajstić information content (AvgIpc) is 1.58. The molecule has 0 amide bonds. The van der Waals surface area contributed by atoms with Crippen LogP contribution in [0.2, 0.25) is 0 Å². The highest BCUT2D eigenvalue weighted by molar-refractivity contribution is 6.19. The molecular formula is C96H64N4. The van der Waals surface area contributed by atoms with Crippen molar-refractivity contribution in [2.45, 2.75) is 0 Å². The molecule has 20 rings (SSSR count). The first-order chi connectivity index (χ1) is 49.6. The van der Waals surface area contributed by atoms with Gasteiger partial charge in [0, 0.05) is 65.8 Å². The predicted molar refractivity (Wildman–Crippen MR) is 423 cm³/mol. The SMILES string of the molecule is c1ccc(-c2cccc(-c3cccc(-n4c5ccccc5c5c(-c6ccc7c8ccccc8n(-c8ccccc8)c7c6)cccc54)c3)c2)cc1.c1ccc(-c2ccccc2-c2cccc(-n3c4ccccc4c4c(-c5ccc6c7ccccc7n(-c7ccccc7)c6c5)cccc43)c2)cc1. The normalized spacial score (nSPS) is 11.6. The summed E-state index contributed by atoms with van der Waals surface area (Å²) in [5.74, 6) is 0. The number of aromatic nitrogens is 4. The van der Waals surface area contributed by atoms with Crippen LogP contribution in [0, 0.1) is 0 Å². The molecule has 0 atom stereocenters. The molecule has 0 spiro atoms. The monoisotopic (exact) mass is 1270 g/mol. The first-order valence-corrected chi connectivity index (χ1v) is 34.4. The van der Waals surface area contributed by atoms with Gasteiger partial charge < -0.3 is 18.3 Å². The molecule has 4 nitrogen and oxygen atoms in total. The summed E-state index contributed by atoms with van der Waals surface area (Å²) in [5.41, 5.74) is 28.9. The van der Waals surface area contributed by atoms with Crippen LogP contribution in [0.1, 0.15) is 0 Å². The molecule has 0 saturated heterocycles. The Labute approximate surface area is 579 Å². The van der Waals surface area contributed by atoms with Crippen molar-refractivity contribution in [1.29, 1.82) is 0 Å². The van der Waals surface area contributed by atoms with Crippen LogP contribution in [-0.4, -0.2) is 18.3 Å². The van der Waals surface area contributed by atoms with E-state index in [0.717, 1.165) is 11.4 Å². The van der Waals surface area contributed by atoms with Gasteiger partial charge in [-0.05, 0) is 170 Å². The second kappa shape index (κ2) is 24.4. The highest BCUT2D eigenvalue weighted by atomic mass is 15.0. The van der Waals surface area contributed by atoms with E-state index in [1.54, 1.807) is 0 Å². The van der Waals surface area contributed by atoms with E-state index < -0.39 is 0 Å². The van der Waals surface area contributed by atoms with E-state index in [2.05, 4.69) is 407 Å². The fourth-order valence-corrected chi connectivity index (χ4v) is 15.8. The van der Waals surface area contributed by atoms with Crippen LogP contribution in [-0.2, 0) is 0 Å². The molecule has 0 aliphatic carbocycles. The Kier molecular flexibility index (Phi) is 14.2. The van der Waals surface area contributed by atoms with Gasteiger partial charge in [-0.1, -0.05) is 285 Å². The standard InChI is InChI=1S/2C48H32N2/c1-3-14-33(15-4-1)34-16-11-17-35(30-34)36-18-12-21-39(31-36)50-45-26-10-8-23-43(45)48-40(24-13-27-46(48)50)37-28-29-42-41-22-7-9-25-44(41)49(47(42)32-37)38-19-5-2-6-20-38;1-3-15-33(16-4-1)38-21-7-8-22-39(38)34-17-13-20-37(31-34)50-45-27-12-10-24-43(45)48-40(25-14-28-46(48)50)35-29-30-42-41-23-9-11-26-44(41)49(47(42)32-35)36-18-5-2-6-19-36/h2*1-32H. The van der Waals surface area contributed by atoms with Gasteiger partial charge >= 0.3 is 0 Å². The third-order valence-corrected chi connectivity index (χ3v) is 20.2.